The van der Waals surface area contributed by atoms with Crippen molar-refractivity contribution in [1.82, 2.24) is 30.6 Å². The van der Waals surface area contributed by atoms with Crippen LogP contribution in [0.15, 0.2) is 76.7 Å². The van der Waals surface area contributed by atoms with Crippen LogP contribution < -0.4 is 31.4 Å². The van der Waals surface area contributed by atoms with Crippen LogP contribution in [0.5, 0.6) is 0 Å². The predicted molar refractivity (Wildman–Crippen MR) is 184 cm³/mol. The van der Waals surface area contributed by atoms with Gasteiger partial charge in [0.05, 0.1) is 15.8 Å². The molecule has 2 unspecified atom stereocenters. The van der Waals surface area contributed by atoms with Crippen molar-refractivity contribution in [1.29, 1.82) is 0 Å². The largest absolute Gasteiger partial charge is 0.480 e. The zero-order valence-electron chi connectivity index (χ0n) is 27.6. The normalized spacial score (nSPS) is 15.1. The predicted octanol–water partition coefficient (Wildman–Crippen LogP) is 2.69. The maximum absolute atomic E-state index is 16.2. The van der Waals surface area contributed by atoms with Gasteiger partial charge in [0.2, 0.25) is 15.5 Å². The minimum atomic E-state index is -4.35. The first-order chi connectivity index (χ1) is 23.8. The van der Waals surface area contributed by atoms with Gasteiger partial charge in [-0.3, -0.25) is 25.0 Å². The Labute approximate surface area is 287 Å². The Morgan fingerprint density at radius 3 is 2.42 bits per heavy atom. The third-order valence-electron chi connectivity index (χ3n) is 8.32. The second kappa shape index (κ2) is 15.3. The second-order valence-electron chi connectivity index (χ2n) is 12.1. The van der Waals surface area contributed by atoms with Crippen molar-refractivity contribution in [2.45, 2.75) is 57.5 Å². The molecule has 1 aliphatic heterocycles. The highest BCUT2D eigenvalue weighted by Crippen LogP contribution is 2.25. The lowest BCUT2D eigenvalue weighted by molar-refractivity contribution is -0.138. The van der Waals surface area contributed by atoms with Gasteiger partial charge in [0, 0.05) is 37.9 Å². The number of pyridine rings is 1. The van der Waals surface area contributed by atoms with Crippen LogP contribution in [-0.4, -0.2) is 55.4 Å². The number of hydrogen-bond donors (Lipinski definition) is 6. The lowest BCUT2D eigenvalue weighted by atomic mass is 10.0. The summed E-state index contributed by atoms with van der Waals surface area (Å²) in [6.07, 6.45) is 4.60. The maximum atomic E-state index is 16.2. The van der Waals surface area contributed by atoms with Crippen LogP contribution in [0.1, 0.15) is 38.2 Å². The van der Waals surface area contributed by atoms with E-state index in [4.69, 9.17) is 0 Å². The molecule has 0 radical (unpaired) electrons. The molecule has 0 saturated carbocycles. The summed E-state index contributed by atoms with van der Waals surface area (Å²) < 4.78 is 61.6. The molecular formula is C35H38F2N6O6S. The third kappa shape index (κ3) is 8.08. The van der Waals surface area contributed by atoms with Gasteiger partial charge in [0.25, 0.3) is 5.91 Å². The Bertz CT molecular complexity index is 2120. The fraction of sp³-hybridized carbons (Fsp3) is 0.286. The van der Waals surface area contributed by atoms with Crippen LogP contribution in [0.4, 0.5) is 8.78 Å². The van der Waals surface area contributed by atoms with Crippen molar-refractivity contribution in [2.24, 2.45) is 0 Å². The number of carbonyl (C=O) groups is 2. The van der Waals surface area contributed by atoms with Gasteiger partial charge in [-0.15, -0.1) is 0 Å². The highest BCUT2D eigenvalue weighted by molar-refractivity contribution is 7.89. The number of aliphatic carboxylic acids is 1. The molecule has 3 aromatic carbocycles. The van der Waals surface area contributed by atoms with Gasteiger partial charge >= 0.3 is 5.97 Å². The number of aryl methyl sites for hydroxylation is 5. The van der Waals surface area contributed by atoms with Gasteiger partial charge in [0.1, 0.15) is 23.7 Å². The van der Waals surface area contributed by atoms with Crippen LogP contribution in [0.3, 0.4) is 0 Å². The van der Waals surface area contributed by atoms with Crippen molar-refractivity contribution in [3.8, 4) is 0 Å². The first-order valence-corrected chi connectivity index (χ1v) is 17.3. The van der Waals surface area contributed by atoms with E-state index in [2.05, 4.69) is 26.0 Å². The van der Waals surface area contributed by atoms with Gasteiger partial charge in [-0.1, -0.05) is 54.1 Å². The zero-order chi connectivity index (χ0) is 36.2. The summed E-state index contributed by atoms with van der Waals surface area (Å²) in [6.45, 7) is 4.65. The van der Waals surface area contributed by atoms with E-state index in [0.29, 0.717) is 24.1 Å². The van der Waals surface area contributed by atoms with Crippen molar-refractivity contribution in [3.63, 3.8) is 0 Å². The number of carboxylic acid groups (broad SMARTS) is 1. The molecule has 2 heterocycles. The van der Waals surface area contributed by atoms with Gasteiger partial charge in [-0.2, -0.15) is 4.72 Å². The number of nitrogens with zero attached hydrogens (tertiary/aromatic N) is 1. The van der Waals surface area contributed by atoms with Crippen molar-refractivity contribution >= 4 is 32.8 Å². The molecule has 0 fully saturated rings. The summed E-state index contributed by atoms with van der Waals surface area (Å²) in [4.78, 5) is 39.1. The number of aromatic nitrogens is 1. The first-order valence-electron chi connectivity index (χ1n) is 15.8. The van der Waals surface area contributed by atoms with E-state index < -0.39 is 63.4 Å². The molecule has 264 valence electrons. The molecule has 1 amide bonds. The monoisotopic (exact) mass is 708 g/mol. The van der Waals surface area contributed by atoms with Crippen molar-refractivity contribution in [3.05, 3.63) is 122 Å². The Kier molecular flexibility index (Phi) is 11.1. The van der Waals surface area contributed by atoms with Crippen LogP contribution >= 0.6 is 0 Å². The summed E-state index contributed by atoms with van der Waals surface area (Å²) in [5.74, 6) is -4.60. The molecular weight excluding hydrogens is 670 g/mol. The Balaban J connectivity index is 1.46. The summed E-state index contributed by atoms with van der Waals surface area (Å²) >= 11 is 0. The highest BCUT2D eigenvalue weighted by Gasteiger charge is 2.29. The standard InChI is InChI=1S/C35H38F2N6O6S/c1-20-14-21(2)32(22(3)15-20)50(48,49)42-28(34(46)47)18-40-33(45)26-19-43(13-10-23-8-5-4-6-9-23)30-24(31(26)44)16-27(36)25(29(30)37)17-41-35-38-11-7-12-39-35/h4-9,11,14-16,19,28,35,38-39,41-42H,10,12-13,17-18H2,1-3H3,(H,40,45)(H,46,47). The van der Waals surface area contributed by atoms with Gasteiger partial charge < -0.3 is 20.3 Å². The number of hydrogen-bond acceptors (Lipinski definition) is 8. The molecule has 50 heavy (non-hydrogen) atoms. The van der Waals surface area contributed by atoms with Crippen molar-refractivity contribution in [2.75, 3.05) is 13.1 Å². The lowest BCUT2D eigenvalue weighted by Crippen LogP contribution is -2.52. The maximum Gasteiger partial charge on any atom is 0.323 e. The van der Waals surface area contributed by atoms with Crippen LogP contribution in [0.2, 0.25) is 0 Å². The van der Waals surface area contributed by atoms with E-state index in [1.807, 2.05) is 36.4 Å². The molecule has 1 aromatic heterocycles. The summed E-state index contributed by atoms with van der Waals surface area (Å²) in [6, 6.07) is 11.6. The molecule has 1 aliphatic rings. The molecule has 6 N–H and O–H groups in total. The number of rotatable bonds is 13. The number of fused-ring (bicyclic) bond motifs is 1. The summed E-state index contributed by atoms with van der Waals surface area (Å²) in [7, 11) is -4.35. The third-order valence-corrected chi connectivity index (χ3v) is 10.1. The Morgan fingerprint density at radius 1 is 1.08 bits per heavy atom. The number of carbonyl (C=O) groups excluding carboxylic acids is 1. The zero-order valence-corrected chi connectivity index (χ0v) is 28.5. The molecule has 15 heteroatoms. The topological polar surface area (TPSA) is 171 Å². The average Bonchev–Trinajstić information content (AvgIpc) is 3.06. The van der Waals surface area contributed by atoms with Crippen molar-refractivity contribution < 1.29 is 31.9 Å². The minimum absolute atomic E-state index is 0.0850. The smallest absolute Gasteiger partial charge is 0.323 e. The molecule has 5 rings (SSSR count). The molecule has 0 saturated heterocycles. The van der Waals surface area contributed by atoms with E-state index in [0.717, 1.165) is 23.4 Å². The van der Waals surface area contributed by atoms with Crippen LogP contribution in [0, 0.1) is 32.4 Å². The Morgan fingerprint density at radius 2 is 1.78 bits per heavy atom. The Hall–Kier alpha value is -4.96. The molecule has 0 spiro atoms. The molecule has 0 aliphatic carbocycles. The van der Waals surface area contributed by atoms with Crippen LogP contribution in [0.25, 0.3) is 10.9 Å². The van der Waals surface area contributed by atoms with Gasteiger partial charge in [-0.25, -0.2) is 17.2 Å². The fourth-order valence-electron chi connectivity index (χ4n) is 6.03. The summed E-state index contributed by atoms with van der Waals surface area (Å²) in [5.41, 5.74) is 0.529. The number of nitrogens with one attached hydrogen (secondary N) is 5. The van der Waals surface area contributed by atoms with Crippen LogP contribution in [-0.2, 0) is 34.3 Å². The SMILES string of the molecule is Cc1cc(C)c(S(=O)(=O)NC(CNC(=O)c2cn(CCc3ccccc3)c3c(F)c(CNC4NC=CCN4)c(F)cc3c2=O)C(=O)O)c(C)c1. The average molecular weight is 709 g/mol. The molecule has 4 aromatic rings. The minimum Gasteiger partial charge on any atom is -0.480 e. The number of sulfonamides is 1. The lowest BCUT2D eigenvalue weighted by Gasteiger charge is -2.23. The second-order valence-corrected chi connectivity index (χ2v) is 13.7. The molecule has 12 nitrogen and oxygen atoms in total. The van der Waals surface area contributed by atoms with E-state index in [-0.39, 0.29) is 34.5 Å². The molecule has 0 bridgehead atoms. The van der Waals surface area contributed by atoms with E-state index in [1.54, 1.807) is 39.1 Å². The summed E-state index contributed by atoms with van der Waals surface area (Å²) in [5, 5.41) is 20.8. The number of amides is 1. The number of halogens is 2. The highest BCUT2D eigenvalue weighted by atomic mass is 32.2. The first kappa shape index (κ1) is 36.3. The number of carboxylic acids is 1. The van der Waals surface area contributed by atoms with E-state index >= 15 is 8.78 Å². The quantitative estimate of drug-likeness (QED) is 0.122. The van der Waals surface area contributed by atoms with E-state index in [9.17, 15) is 27.9 Å². The van der Waals surface area contributed by atoms with Gasteiger partial charge in [-0.05, 0) is 56.1 Å². The molecule has 2 atom stereocenters. The van der Waals surface area contributed by atoms with Gasteiger partial charge in [0.15, 0.2) is 5.82 Å². The number of benzene rings is 3. The van der Waals surface area contributed by atoms with E-state index in [1.165, 1.54) is 4.57 Å². The fourth-order valence-corrected chi connectivity index (χ4v) is 7.67.